The Morgan fingerprint density at radius 1 is 0.972 bits per heavy atom. The molecule has 0 aromatic heterocycles. The van der Waals surface area contributed by atoms with Crippen molar-refractivity contribution in [3.63, 3.8) is 0 Å². The predicted octanol–water partition coefficient (Wildman–Crippen LogP) is 4.19. The molecule has 8 heteroatoms. The fourth-order valence-electron chi connectivity index (χ4n) is 9.80. The summed E-state index contributed by atoms with van der Waals surface area (Å²) in [6, 6.07) is 0.274. The molecule has 1 aliphatic heterocycles. The van der Waals surface area contributed by atoms with Crippen LogP contribution in [0.1, 0.15) is 86.0 Å². The molecule has 5 fully saturated rings. The number of aliphatic hydroxyl groups is 1. The number of ketones is 1. The zero-order valence-corrected chi connectivity index (χ0v) is 24.0. The second-order valence-electron chi connectivity index (χ2n) is 13.5. The van der Waals surface area contributed by atoms with Gasteiger partial charge in [-0.25, -0.2) is 0 Å². The number of aliphatic hydroxyl groups excluding tert-OH is 1. The van der Waals surface area contributed by atoms with Crippen LogP contribution >= 0.6 is 0 Å². The van der Waals surface area contributed by atoms with Gasteiger partial charge in [-0.1, -0.05) is 13.8 Å². The van der Waals surface area contributed by atoms with E-state index >= 15 is 0 Å². The minimum absolute atomic E-state index is 0.199. The molecule has 2 N–H and O–H groups in total. The predicted molar refractivity (Wildman–Crippen MR) is 140 cm³/mol. The van der Waals surface area contributed by atoms with E-state index in [1.54, 1.807) is 0 Å². The SMILES string of the molecule is CC(=O)[C@H]1CC[C@H]2[C@@H]3CC[C@H]4C[C@H](O)[C@@H](N5C[C@@H](C)O[C@H](C)C5)C[C@]4(C)[C@H]3CC[C@]12C.CS(=O)(=O)O. The molecule has 5 rings (SSSR count). The molecular formula is C28H49NO6S. The largest absolute Gasteiger partial charge is 0.391 e. The Kier molecular flexibility index (Phi) is 8.08. The van der Waals surface area contributed by atoms with Crippen LogP contribution in [0.15, 0.2) is 0 Å². The molecule has 5 aliphatic rings. The summed E-state index contributed by atoms with van der Waals surface area (Å²) in [7, 11) is -3.67. The van der Waals surface area contributed by atoms with Crippen LogP contribution in [-0.2, 0) is 19.6 Å². The number of hydrogen-bond donors (Lipinski definition) is 2. The Bertz CT molecular complexity index is 907. The van der Waals surface area contributed by atoms with Gasteiger partial charge in [0, 0.05) is 25.0 Å². The van der Waals surface area contributed by atoms with E-state index in [-0.39, 0.29) is 29.8 Å². The molecule has 0 aromatic carbocycles. The molecule has 208 valence electrons. The summed E-state index contributed by atoms with van der Waals surface area (Å²) in [6.07, 6.45) is 10.6. The van der Waals surface area contributed by atoms with Gasteiger partial charge < -0.3 is 9.84 Å². The van der Waals surface area contributed by atoms with Crippen molar-refractivity contribution in [2.75, 3.05) is 19.3 Å². The van der Waals surface area contributed by atoms with Crippen molar-refractivity contribution in [2.45, 2.75) is 110 Å². The highest BCUT2D eigenvalue weighted by Gasteiger charge is 2.62. The number of nitrogens with zero attached hydrogens (tertiary/aromatic N) is 1. The van der Waals surface area contributed by atoms with Gasteiger partial charge in [0.05, 0.1) is 24.6 Å². The van der Waals surface area contributed by atoms with E-state index in [9.17, 15) is 18.3 Å². The van der Waals surface area contributed by atoms with E-state index in [0.29, 0.717) is 29.3 Å². The van der Waals surface area contributed by atoms with Crippen molar-refractivity contribution in [1.82, 2.24) is 4.90 Å². The van der Waals surface area contributed by atoms with Crippen molar-refractivity contribution in [1.29, 1.82) is 0 Å². The molecule has 4 saturated carbocycles. The molecule has 1 saturated heterocycles. The standard InChI is InChI=1S/C27H45NO3.CH4O3S/c1-16-14-28(15-17(2)31-16)24-13-27(5)19(12-25(24)30)6-7-20-22-9-8-21(18(3)29)26(22,4)11-10-23(20)27;1-5(2,3)4/h16-17,19-25,30H,6-15H2,1-5H3;1H3,(H,2,3,4)/t16-,17-,19+,20+,21-,22+,23+,24+,25+,26-,27+;/m1./s1. The van der Waals surface area contributed by atoms with Gasteiger partial charge in [0.1, 0.15) is 5.78 Å². The number of rotatable bonds is 2. The molecule has 0 unspecified atom stereocenters. The van der Waals surface area contributed by atoms with Gasteiger partial charge in [-0.3, -0.25) is 14.2 Å². The Labute approximate surface area is 218 Å². The van der Waals surface area contributed by atoms with Gasteiger partial charge in [0.25, 0.3) is 10.1 Å². The van der Waals surface area contributed by atoms with Crippen molar-refractivity contribution in [3.8, 4) is 0 Å². The number of fused-ring (bicyclic) bond motifs is 5. The molecule has 4 aliphatic carbocycles. The quantitative estimate of drug-likeness (QED) is 0.519. The topological polar surface area (TPSA) is 104 Å². The Hall–Kier alpha value is -0.540. The Morgan fingerprint density at radius 3 is 2.14 bits per heavy atom. The molecular weight excluding hydrogens is 478 g/mol. The van der Waals surface area contributed by atoms with Gasteiger partial charge in [0.15, 0.2) is 0 Å². The zero-order valence-electron chi connectivity index (χ0n) is 23.2. The van der Waals surface area contributed by atoms with Crippen molar-refractivity contribution < 1.29 is 27.6 Å². The van der Waals surface area contributed by atoms with Crippen LogP contribution in [0, 0.1) is 40.4 Å². The van der Waals surface area contributed by atoms with Gasteiger partial charge in [-0.05, 0) is 107 Å². The maximum atomic E-state index is 12.4. The van der Waals surface area contributed by atoms with Gasteiger partial charge in [0.2, 0.25) is 0 Å². The lowest BCUT2D eigenvalue weighted by molar-refractivity contribution is -0.166. The molecule has 0 bridgehead atoms. The lowest BCUT2D eigenvalue weighted by Crippen LogP contribution is -2.62. The van der Waals surface area contributed by atoms with Gasteiger partial charge >= 0.3 is 0 Å². The van der Waals surface area contributed by atoms with Crippen molar-refractivity contribution in [2.24, 2.45) is 40.4 Å². The van der Waals surface area contributed by atoms with Crippen LogP contribution < -0.4 is 0 Å². The first kappa shape index (κ1) is 28.5. The fraction of sp³-hybridized carbons (Fsp3) is 0.964. The van der Waals surface area contributed by atoms with Crippen LogP contribution in [0.25, 0.3) is 0 Å². The third kappa shape index (κ3) is 5.45. The lowest BCUT2D eigenvalue weighted by Gasteiger charge is -2.62. The number of Topliss-reactive ketones (excluding diaryl/α,β-unsaturated/α-hetero) is 1. The first-order valence-corrected chi connectivity index (χ1v) is 16.0. The van der Waals surface area contributed by atoms with Crippen molar-refractivity contribution in [3.05, 3.63) is 0 Å². The van der Waals surface area contributed by atoms with E-state index in [2.05, 4.69) is 32.6 Å². The molecule has 0 aromatic rings. The molecule has 11 atom stereocenters. The van der Waals surface area contributed by atoms with E-state index < -0.39 is 10.1 Å². The highest BCUT2D eigenvalue weighted by atomic mass is 32.2. The summed E-state index contributed by atoms with van der Waals surface area (Å²) >= 11 is 0. The van der Waals surface area contributed by atoms with Crippen LogP contribution in [0.5, 0.6) is 0 Å². The second-order valence-corrected chi connectivity index (χ2v) is 14.9. The van der Waals surface area contributed by atoms with Gasteiger partial charge in [-0.2, -0.15) is 8.42 Å². The Balaban J connectivity index is 0.000000556. The van der Waals surface area contributed by atoms with Crippen LogP contribution in [0.2, 0.25) is 0 Å². The minimum atomic E-state index is -3.67. The van der Waals surface area contributed by atoms with E-state index in [0.717, 1.165) is 50.1 Å². The monoisotopic (exact) mass is 527 g/mol. The molecule has 0 radical (unpaired) electrons. The molecule has 7 nitrogen and oxygen atoms in total. The molecule has 0 spiro atoms. The average molecular weight is 528 g/mol. The summed E-state index contributed by atoms with van der Waals surface area (Å²) < 4.78 is 31.9. The van der Waals surface area contributed by atoms with E-state index in [4.69, 9.17) is 9.29 Å². The maximum Gasteiger partial charge on any atom is 0.261 e. The smallest absolute Gasteiger partial charge is 0.261 e. The summed E-state index contributed by atoms with van der Waals surface area (Å²) in [5.41, 5.74) is 0.562. The van der Waals surface area contributed by atoms with E-state index in [1.165, 1.54) is 32.1 Å². The number of carbonyl (C=O) groups is 1. The highest BCUT2D eigenvalue weighted by molar-refractivity contribution is 7.85. The highest BCUT2D eigenvalue weighted by Crippen LogP contribution is 2.67. The summed E-state index contributed by atoms with van der Waals surface area (Å²) in [6.45, 7) is 13.1. The average Bonchev–Trinajstić information content (AvgIpc) is 3.09. The maximum absolute atomic E-state index is 12.4. The second kappa shape index (κ2) is 10.2. The number of ether oxygens (including phenoxy) is 1. The zero-order chi connectivity index (χ0) is 26.6. The summed E-state index contributed by atoms with van der Waals surface area (Å²) in [5, 5.41) is 11.2. The normalized spacial score (nSPS) is 49.2. The van der Waals surface area contributed by atoms with Gasteiger partial charge in [-0.15, -0.1) is 0 Å². The third-order valence-electron chi connectivity index (χ3n) is 11.1. The summed E-state index contributed by atoms with van der Waals surface area (Å²) in [5.74, 6) is 3.65. The van der Waals surface area contributed by atoms with Crippen LogP contribution in [0.4, 0.5) is 0 Å². The molecule has 1 heterocycles. The minimum Gasteiger partial charge on any atom is -0.391 e. The first-order valence-electron chi connectivity index (χ1n) is 14.1. The van der Waals surface area contributed by atoms with Crippen LogP contribution in [-0.4, -0.2) is 72.5 Å². The fourth-order valence-corrected chi connectivity index (χ4v) is 9.80. The Morgan fingerprint density at radius 2 is 1.56 bits per heavy atom. The lowest BCUT2D eigenvalue weighted by atomic mass is 9.44. The number of carbonyl (C=O) groups excluding carboxylic acids is 1. The first-order chi connectivity index (χ1) is 16.6. The number of morpholine rings is 1. The third-order valence-corrected chi connectivity index (χ3v) is 11.1. The van der Waals surface area contributed by atoms with E-state index in [1.807, 2.05) is 6.92 Å². The molecule has 36 heavy (non-hydrogen) atoms. The summed E-state index contributed by atoms with van der Waals surface area (Å²) in [4.78, 5) is 15.0. The molecule has 0 amide bonds. The van der Waals surface area contributed by atoms with Crippen LogP contribution in [0.3, 0.4) is 0 Å². The number of hydrogen-bond acceptors (Lipinski definition) is 6. The van der Waals surface area contributed by atoms with Crippen molar-refractivity contribution >= 4 is 15.9 Å².